The molecule has 0 saturated carbocycles. The van der Waals surface area contributed by atoms with Crippen LogP contribution in [0, 0.1) is 0 Å². The third kappa shape index (κ3) is 3.16. The molecular formula is C16H18N2O4. The van der Waals surface area contributed by atoms with Crippen molar-refractivity contribution >= 4 is 17.6 Å². The summed E-state index contributed by atoms with van der Waals surface area (Å²) in [6.07, 6.45) is 1.76. The van der Waals surface area contributed by atoms with Crippen LogP contribution in [-0.2, 0) is 11.2 Å². The molecule has 1 heterocycles. The Balaban J connectivity index is 2.19. The van der Waals surface area contributed by atoms with E-state index in [-0.39, 0.29) is 24.6 Å². The van der Waals surface area contributed by atoms with Crippen molar-refractivity contribution in [3.05, 3.63) is 36.4 Å². The van der Waals surface area contributed by atoms with Gasteiger partial charge in [0, 0.05) is 13.0 Å². The normalized spacial score (nSPS) is 14.1. The molecule has 0 saturated heterocycles. The number of benzene rings is 1. The molecule has 1 aliphatic rings. The van der Waals surface area contributed by atoms with Crippen LogP contribution < -0.4 is 9.47 Å². The molecule has 6 heteroatoms. The number of carbonyl (C=O) groups excluding carboxylic acids is 2. The first-order chi connectivity index (χ1) is 10.6. The van der Waals surface area contributed by atoms with Gasteiger partial charge in [0.1, 0.15) is 5.71 Å². The van der Waals surface area contributed by atoms with Gasteiger partial charge in [-0.15, -0.1) is 6.58 Å². The lowest BCUT2D eigenvalue weighted by Gasteiger charge is -2.11. The molecule has 0 radical (unpaired) electrons. The maximum absolute atomic E-state index is 12.1. The van der Waals surface area contributed by atoms with Crippen molar-refractivity contribution in [3.8, 4) is 11.5 Å². The smallest absolute Gasteiger partial charge is 0.351 e. The Kier molecular flexibility index (Phi) is 4.93. The summed E-state index contributed by atoms with van der Waals surface area (Å²) in [6.45, 7) is 6.07. The zero-order valence-corrected chi connectivity index (χ0v) is 12.7. The number of aliphatic imine (C=N–C) groups is 1. The number of hydrogen-bond donors (Lipinski definition) is 0. The summed E-state index contributed by atoms with van der Waals surface area (Å²) in [4.78, 5) is 28.7. The van der Waals surface area contributed by atoms with E-state index in [9.17, 15) is 9.59 Å². The van der Waals surface area contributed by atoms with E-state index < -0.39 is 6.03 Å². The molecular weight excluding hydrogens is 284 g/mol. The van der Waals surface area contributed by atoms with Crippen molar-refractivity contribution in [1.82, 2.24) is 4.90 Å². The Morgan fingerprint density at radius 1 is 1.32 bits per heavy atom. The van der Waals surface area contributed by atoms with E-state index in [2.05, 4.69) is 11.6 Å². The van der Waals surface area contributed by atoms with Gasteiger partial charge >= 0.3 is 6.03 Å². The van der Waals surface area contributed by atoms with Crippen molar-refractivity contribution in [3.63, 3.8) is 0 Å². The standard InChI is InChI=1S/C16H18N2O4/c1-4-8-18-15(19)12(17-16(18)20)9-11-6-7-13(21-3)14(10-11)22-5-2/h4,6-7,10H,1,5,8-9H2,2-3H3. The number of carbonyl (C=O) groups is 2. The van der Waals surface area contributed by atoms with Crippen molar-refractivity contribution in [2.24, 2.45) is 4.99 Å². The number of imide groups is 1. The summed E-state index contributed by atoms with van der Waals surface area (Å²) in [6, 6.07) is 4.83. The highest BCUT2D eigenvalue weighted by molar-refractivity contribution is 6.46. The van der Waals surface area contributed by atoms with E-state index in [1.54, 1.807) is 19.2 Å². The lowest BCUT2D eigenvalue weighted by molar-refractivity contribution is -0.120. The number of amides is 3. The van der Waals surface area contributed by atoms with Crippen molar-refractivity contribution in [1.29, 1.82) is 0 Å². The third-order valence-electron chi connectivity index (χ3n) is 3.16. The highest BCUT2D eigenvalue weighted by atomic mass is 16.5. The number of urea groups is 1. The van der Waals surface area contributed by atoms with E-state index in [0.717, 1.165) is 10.5 Å². The van der Waals surface area contributed by atoms with Crippen LogP contribution >= 0.6 is 0 Å². The van der Waals surface area contributed by atoms with Gasteiger partial charge in [-0.1, -0.05) is 12.1 Å². The second-order valence-electron chi connectivity index (χ2n) is 4.64. The minimum Gasteiger partial charge on any atom is -0.493 e. The van der Waals surface area contributed by atoms with E-state index in [1.807, 2.05) is 13.0 Å². The highest BCUT2D eigenvalue weighted by Crippen LogP contribution is 2.28. The number of methoxy groups -OCH3 is 1. The summed E-state index contributed by atoms with van der Waals surface area (Å²) < 4.78 is 10.7. The largest absolute Gasteiger partial charge is 0.493 e. The maximum atomic E-state index is 12.1. The Morgan fingerprint density at radius 2 is 2.09 bits per heavy atom. The minimum absolute atomic E-state index is 0.164. The fourth-order valence-corrected chi connectivity index (χ4v) is 2.16. The molecule has 6 nitrogen and oxygen atoms in total. The van der Waals surface area contributed by atoms with Gasteiger partial charge in [0.05, 0.1) is 13.7 Å². The fraction of sp³-hybridized carbons (Fsp3) is 0.312. The number of nitrogens with zero attached hydrogens (tertiary/aromatic N) is 2. The number of rotatable bonds is 7. The third-order valence-corrected chi connectivity index (χ3v) is 3.16. The van der Waals surface area contributed by atoms with Gasteiger partial charge < -0.3 is 9.47 Å². The van der Waals surface area contributed by atoms with Gasteiger partial charge in [0.15, 0.2) is 11.5 Å². The predicted molar refractivity (Wildman–Crippen MR) is 82.6 cm³/mol. The van der Waals surface area contributed by atoms with Crippen molar-refractivity contribution in [2.45, 2.75) is 13.3 Å². The molecule has 0 bridgehead atoms. The van der Waals surface area contributed by atoms with Gasteiger partial charge in [0.25, 0.3) is 5.91 Å². The molecule has 0 atom stereocenters. The van der Waals surface area contributed by atoms with Crippen LogP contribution in [0.1, 0.15) is 12.5 Å². The van der Waals surface area contributed by atoms with Crippen LogP contribution in [0.3, 0.4) is 0 Å². The second kappa shape index (κ2) is 6.89. The molecule has 0 spiro atoms. The van der Waals surface area contributed by atoms with Crippen molar-refractivity contribution < 1.29 is 19.1 Å². The van der Waals surface area contributed by atoms with Crippen LogP contribution in [0.15, 0.2) is 35.8 Å². The molecule has 0 aliphatic carbocycles. The van der Waals surface area contributed by atoms with Crippen LogP contribution in [0.2, 0.25) is 0 Å². The highest BCUT2D eigenvalue weighted by Gasteiger charge is 2.31. The van der Waals surface area contributed by atoms with E-state index in [1.165, 1.54) is 6.08 Å². The van der Waals surface area contributed by atoms with Crippen LogP contribution in [-0.4, -0.2) is 42.8 Å². The molecule has 2 rings (SSSR count). The molecule has 1 aromatic carbocycles. The van der Waals surface area contributed by atoms with Gasteiger partial charge in [-0.3, -0.25) is 9.69 Å². The van der Waals surface area contributed by atoms with Gasteiger partial charge in [0.2, 0.25) is 0 Å². The lowest BCUT2D eigenvalue weighted by Crippen LogP contribution is -2.33. The van der Waals surface area contributed by atoms with Crippen molar-refractivity contribution in [2.75, 3.05) is 20.3 Å². The molecule has 0 N–H and O–H groups in total. The van der Waals surface area contributed by atoms with Gasteiger partial charge in [-0.2, -0.15) is 4.99 Å². The Morgan fingerprint density at radius 3 is 2.73 bits per heavy atom. The summed E-state index contributed by atoms with van der Waals surface area (Å²) in [7, 11) is 1.56. The SMILES string of the molecule is C=CCN1C(=O)N=C(Cc2ccc(OC)c(OCC)c2)C1=O. The summed E-state index contributed by atoms with van der Waals surface area (Å²) >= 11 is 0. The molecule has 1 aromatic rings. The number of ether oxygens (including phenoxy) is 2. The van der Waals surface area contributed by atoms with Gasteiger partial charge in [-0.05, 0) is 24.6 Å². The first-order valence-corrected chi connectivity index (χ1v) is 6.94. The van der Waals surface area contributed by atoms with E-state index in [4.69, 9.17) is 9.47 Å². The second-order valence-corrected chi connectivity index (χ2v) is 4.64. The molecule has 0 aromatic heterocycles. The van der Waals surface area contributed by atoms with Crippen LogP contribution in [0.25, 0.3) is 0 Å². The van der Waals surface area contributed by atoms with Gasteiger partial charge in [-0.25, -0.2) is 4.79 Å². The zero-order valence-electron chi connectivity index (χ0n) is 12.7. The monoisotopic (exact) mass is 302 g/mol. The summed E-state index contributed by atoms with van der Waals surface area (Å²) in [5, 5.41) is 0. The summed E-state index contributed by atoms with van der Waals surface area (Å²) in [5.41, 5.74) is 1.05. The Bertz CT molecular complexity index is 637. The average Bonchev–Trinajstić information content (AvgIpc) is 2.76. The Labute approximate surface area is 129 Å². The molecule has 0 unspecified atom stereocenters. The van der Waals surface area contributed by atoms with Crippen LogP contribution in [0.5, 0.6) is 11.5 Å². The van der Waals surface area contributed by atoms with E-state index >= 15 is 0 Å². The predicted octanol–water partition coefficient (Wildman–Crippen LogP) is 2.23. The first-order valence-electron chi connectivity index (χ1n) is 6.94. The molecule has 0 fully saturated rings. The quantitative estimate of drug-likeness (QED) is 0.724. The molecule has 22 heavy (non-hydrogen) atoms. The Hall–Kier alpha value is -2.63. The zero-order chi connectivity index (χ0) is 16.1. The molecule has 1 aliphatic heterocycles. The lowest BCUT2D eigenvalue weighted by atomic mass is 10.1. The average molecular weight is 302 g/mol. The number of hydrogen-bond acceptors (Lipinski definition) is 4. The van der Waals surface area contributed by atoms with Crippen LogP contribution in [0.4, 0.5) is 4.79 Å². The maximum Gasteiger partial charge on any atom is 0.351 e. The van der Waals surface area contributed by atoms with E-state index in [0.29, 0.717) is 18.1 Å². The minimum atomic E-state index is -0.543. The fourth-order valence-electron chi connectivity index (χ4n) is 2.16. The molecule has 3 amide bonds. The topological polar surface area (TPSA) is 68.2 Å². The first kappa shape index (κ1) is 15.8. The summed E-state index contributed by atoms with van der Waals surface area (Å²) in [5.74, 6) is 0.844. The molecule has 116 valence electrons.